The molecule has 2 aliphatic heterocycles. The van der Waals surface area contributed by atoms with Gasteiger partial charge in [-0.15, -0.1) is 24.0 Å². The van der Waals surface area contributed by atoms with Crippen LogP contribution < -0.4 is 10.6 Å². The van der Waals surface area contributed by atoms with E-state index >= 15 is 0 Å². The molecule has 1 amide bonds. The molecule has 2 aliphatic rings. The van der Waals surface area contributed by atoms with Gasteiger partial charge in [0.15, 0.2) is 5.96 Å². The van der Waals surface area contributed by atoms with Gasteiger partial charge in [-0.05, 0) is 51.1 Å². The van der Waals surface area contributed by atoms with Crippen molar-refractivity contribution in [2.24, 2.45) is 16.8 Å². The second kappa shape index (κ2) is 12.8. The SMILES string of the molecule is CN=C(NCC1CC(=O)N(CCc2ccccc2)C1)NCC(C)(C)N1CCCC(C)C1.I. The predicted molar refractivity (Wildman–Crippen MR) is 144 cm³/mol. The van der Waals surface area contributed by atoms with E-state index < -0.39 is 0 Å². The van der Waals surface area contributed by atoms with E-state index in [1.54, 1.807) is 0 Å². The van der Waals surface area contributed by atoms with Gasteiger partial charge in [0, 0.05) is 57.6 Å². The molecule has 2 saturated heterocycles. The van der Waals surface area contributed by atoms with Crippen LogP contribution >= 0.6 is 24.0 Å². The molecule has 0 radical (unpaired) electrons. The molecule has 32 heavy (non-hydrogen) atoms. The summed E-state index contributed by atoms with van der Waals surface area (Å²) < 4.78 is 0. The highest BCUT2D eigenvalue weighted by atomic mass is 127. The molecule has 0 saturated carbocycles. The number of nitrogens with zero attached hydrogens (tertiary/aromatic N) is 3. The van der Waals surface area contributed by atoms with E-state index in [4.69, 9.17) is 0 Å². The monoisotopic (exact) mass is 555 g/mol. The van der Waals surface area contributed by atoms with E-state index in [0.717, 1.165) is 44.5 Å². The molecular formula is C25H42IN5O. The quantitative estimate of drug-likeness (QED) is 0.294. The highest BCUT2D eigenvalue weighted by molar-refractivity contribution is 14.0. The molecule has 2 heterocycles. The summed E-state index contributed by atoms with van der Waals surface area (Å²) in [5.41, 5.74) is 1.37. The third-order valence-electron chi connectivity index (χ3n) is 6.79. The van der Waals surface area contributed by atoms with Crippen LogP contribution in [0.15, 0.2) is 35.3 Å². The summed E-state index contributed by atoms with van der Waals surface area (Å²) in [6.45, 7) is 12.6. The lowest BCUT2D eigenvalue weighted by Crippen LogP contribution is -2.56. The molecule has 0 aromatic heterocycles. The maximum atomic E-state index is 12.4. The van der Waals surface area contributed by atoms with Crippen LogP contribution in [0.25, 0.3) is 0 Å². The van der Waals surface area contributed by atoms with Gasteiger partial charge in [-0.1, -0.05) is 37.3 Å². The van der Waals surface area contributed by atoms with E-state index in [2.05, 4.69) is 65.6 Å². The molecule has 1 aromatic rings. The van der Waals surface area contributed by atoms with Gasteiger partial charge in [0.2, 0.25) is 5.91 Å². The van der Waals surface area contributed by atoms with Crippen molar-refractivity contribution in [1.29, 1.82) is 0 Å². The first-order valence-electron chi connectivity index (χ1n) is 11.9. The third-order valence-corrected chi connectivity index (χ3v) is 6.79. The van der Waals surface area contributed by atoms with Crippen molar-refractivity contribution in [2.45, 2.75) is 52.0 Å². The summed E-state index contributed by atoms with van der Waals surface area (Å²) in [5.74, 6) is 2.20. The van der Waals surface area contributed by atoms with Gasteiger partial charge in [-0.2, -0.15) is 0 Å². The van der Waals surface area contributed by atoms with Gasteiger partial charge in [0.25, 0.3) is 0 Å². The Morgan fingerprint density at radius 1 is 1.19 bits per heavy atom. The molecule has 3 rings (SSSR count). The Hall–Kier alpha value is -1.35. The van der Waals surface area contributed by atoms with Crippen LogP contribution in [0.1, 0.15) is 45.6 Å². The van der Waals surface area contributed by atoms with E-state index in [1.165, 1.54) is 31.5 Å². The number of likely N-dealkylation sites (tertiary alicyclic amines) is 2. The zero-order chi connectivity index (χ0) is 22.3. The summed E-state index contributed by atoms with van der Waals surface area (Å²) >= 11 is 0. The fourth-order valence-electron chi connectivity index (χ4n) is 4.73. The Balaban J connectivity index is 0.00000363. The number of guanidine groups is 1. The number of carbonyl (C=O) groups is 1. The van der Waals surface area contributed by atoms with Gasteiger partial charge < -0.3 is 15.5 Å². The Kier molecular flexibility index (Phi) is 10.7. The van der Waals surface area contributed by atoms with Crippen LogP contribution in [0.2, 0.25) is 0 Å². The van der Waals surface area contributed by atoms with Crippen LogP contribution in [0, 0.1) is 11.8 Å². The number of hydrogen-bond donors (Lipinski definition) is 2. The minimum atomic E-state index is 0. The molecule has 2 atom stereocenters. The third kappa shape index (κ3) is 7.90. The molecule has 2 fully saturated rings. The predicted octanol–water partition coefficient (Wildman–Crippen LogP) is 3.37. The fourth-order valence-corrected chi connectivity index (χ4v) is 4.73. The van der Waals surface area contributed by atoms with E-state index in [-0.39, 0.29) is 35.4 Å². The molecular weight excluding hydrogens is 513 g/mol. The highest BCUT2D eigenvalue weighted by Gasteiger charge is 2.31. The van der Waals surface area contributed by atoms with E-state index in [9.17, 15) is 4.79 Å². The Labute approximate surface area is 211 Å². The molecule has 180 valence electrons. The summed E-state index contributed by atoms with van der Waals surface area (Å²) in [6, 6.07) is 10.4. The molecule has 2 unspecified atom stereocenters. The summed E-state index contributed by atoms with van der Waals surface area (Å²) in [4.78, 5) is 21.4. The lowest BCUT2D eigenvalue weighted by molar-refractivity contribution is -0.127. The van der Waals surface area contributed by atoms with E-state index in [0.29, 0.717) is 12.3 Å². The van der Waals surface area contributed by atoms with Gasteiger partial charge in [-0.3, -0.25) is 14.7 Å². The Morgan fingerprint density at radius 2 is 1.94 bits per heavy atom. The number of hydrogen-bond acceptors (Lipinski definition) is 3. The molecule has 1 aromatic carbocycles. The van der Waals surface area contributed by atoms with Crippen LogP contribution in [0.3, 0.4) is 0 Å². The molecule has 2 N–H and O–H groups in total. The highest BCUT2D eigenvalue weighted by Crippen LogP contribution is 2.23. The van der Waals surface area contributed by atoms with Crippen LogP contribution in [0.4, 0.5) is 0 Å². The topological polar surface area (TPSA) is 60.0 Å². The maximum Gasteiger partial charge on any atom is 0.223 e. The number of aliphatic imine (C=N–C) groups is 1. The average Bonchev–Trinajstić information content (AvgIpc) is 3.12. The molecule has 6 nitrogen and oxygen atoms in total. The first-order chi connectivity index (χ1) is 14.9. The van der Waals surface area contributed by atoms with Gasteiger partial charge in [-0.25, -0.2) is 0 Å². The number of piperidine rings is 1. The lowest BCUT2D eigenvalue weighted by Gasteiger charge is -2.43. The summed E-state index contributed by atoms with van der Waals surface area (Å²) in [5, 5.41) is 6.97. The molecule has 0 aliphatic carbocycles. The number of carbonyl (C=O) groups excluding carboxylic acids is 1. The number of benzene rings is 1. The van der Waals surface area contributed by atoms with Crippen molar-refractivity contribution in [3.05, 3.63) is 35.9 Å². The van der Waals surface area contributed by atoms with Crippen molar-refractivity contribution < 1.29 is 4.79 Å². The van der Waals surface area contributed by atoms with Crippen molar-refractivity contribution in [1.82, 2.24) is 20.4 Å². The first kappa shape index (κ1) is 26.9. The Bertz CT molecular complexity index is 739. The van der Waals surface area contributed by atoms with E-state index in [1.807, 2.05) is 18.0 Å². The van der Waals surface area contributed by atoms with Gasteiger partial charge in [0.1, 0.15) is 0 Å². The zero-order valence-electron chi connectivity index (χ0n) is 20.3. The minimum absolute atomic E-state index is 0. The smallest absolute Gasteiger partial charge is 0.223 e. The Morgan fingerprint density at radius 3 is 2.62 bits per heavy atom. The summed E-state index contributed by atoms with van der Waals surface area (Å²) in [7, 11) is 1.82. The largest absolute Gasteiger partial charge is 0.356 e. The standard InChI is InChI=1S/C25H41N5O.HI/c1-20-9-8-13-30(17-20)25(2,3)19-28-24(26-4)27-16-22-15-23(31)29(18-22)14-12-21-10-6-5-7-11-21;/h5-7,10-11,20,22H,8-9,12-19H2,1-4H3,(H2,26,27,28);1H. The number of halogens is 1. The second-order valence-corrected chi connectivity index (χ2v) is 9.96. The van der Waals surface area contributed by atoms with Crippen molar-refractivity contribution in [3.8, 4) is 0 Å². The first-order valence-corrected chi connectivity index (χ1v) is 11.9. The van der Waals surface area contributed by atoms with Crippen molar-refractivity contribution in [3.63, 3.8) is 0 Å². The van der Waals surface area contributed by atoms with Gasteiger partial charge in [0.05, 0.1) is 0 Å². The normalized spacial score (nSPS) is 22.6. The number of amides is 1. The van der Waals surface area contributed by atoms with Crippen LogP contribution in [-0.4, -0.2) is 73.5 Å². The van der Waals surface area contributed by atoms with Crippen LogP contribution in [0.5, 0.6) is 0 Å². The van der Waals surface area contributed by atoms with Gasteiger partial charge >= 0.3 is 0 Å². The number of nitrogens with one attached hydrogen (secondary N) is 2. The number of rotatable bonds is 8. The summed E-state index contributed by atoms with van der Waals surface area (Å²) in [6.07, 6.45) is 4.16. The maximum absolute atomic E-state index is 12.4. The lowest BCUT2D eigenvalue weighted by atomic mass is 9.93. The van der Waals surface area contributed by atoms with Crippen LogP contribution in [-0.2, 0) is 11.2 Å². The molecule has 7 heteroatoms. The average molecular weight is 556 g/mol. The minimum Gasteiger partial charge on any atom is -0.356 e. The van der Waals surface area contributed by atoms with Crippen molar-refractivity contribution >= 4 is 35.8 Å². The van der Waals surface area contributed by atoms with Crippen molar-refractivity contribution in [2.75, 3.05) is 46.3 Å². The molecule has 0 bridgehead atoms. The molecule has 0 spiro atoms. The fraction of sp³-hybridized carbons (Fsp3) is 0.680. The zero-order valence-corrected chi connectivity index (χ0v) is 22.6. The second-order valence-electron chi connectivity index (χ2n) is 9.96.